The van der Waals surface area contributed by atoms with Gasteiger partial charge in [0.1, 0.15) is 11.5 Å². The van der Waals surface area contributed by atoms with E-state index >= 15 is 0 Å². The van der Waals surface area contributed by atoms with Gasteiger partial charge in [0, 0.05) is 17.7 Å². The fraction of sp³-hybridized carbons (Fsp3) is 0.143. The summed E-state index contributed by atoms with van der Waals surface area (Å²) in [5.41, 5.74) is 0.252. The number of phenolic OH excluding ortho intramolecular Hbond substituents is 1. The van der Waals surface area contributed by atoms with Gasteiger partial charge in [-0.25, -0.2) is 0 Å². The largest absolute Gasteiger partial charge is 0.507 e. The van der Waals surface area contributed by atoms with Gasteiger partial charge < -0.3 is 9.84 Å². The van der Waals surface area contributed by atoms with E-state index in [0.29, 0.717) is 16.5 Å². The van der Waals surface area contributed by atoms with Crippen LogP contribution in [0.25, 0.3) is 10.8 Å². The van der Waals surface area contributed by atoms with E-state index in [1.54, 1.807) is 24.3 Å². The molecule has 0 atom stereocenters. The third-order valence-electron chi connectivity index (χ3n) is 2.63. The zero-order valence-corrected chi connectivity index (χ0v) is 10.1. The molecule has 0 aliphatic carbocycles. The molecule has 0 heterocycles. The highest BCUT2D eigenvalue weighted by molar-refractivity contribution is 6.05. The second-order valence-electron chi connectivity index (χ2n) is 3.96. The molecule has 18 heavy (non-hydrogen) atoms. The second-order valence-corrected chi connectivity index (χ2v) is 3.96. The third kappa shape index (κ3) is 2.05. The van der Waals surface area contributed by atoms with E-state index in [9.17, 15) is 14.7 Å². The number of benzene rings is 2. The Morgan fingerprint density at radius 2 is 1.78 bits per heavy atom. The van der Waals surface area contributed by atoms with Crippen LogP contribution in [0.1, 0.15) is 24.2 Å². The number of carbonyl (C=O) groups is 2. The molecule has 0 radical (unpaired) electrons. The van der Waals surface area contributed by atoms with Gasteiger partial charge in [-0.2, -0.15) is 0 Å². The number of esters is 1. The Labute approximate surface area is 104 Å². The first-order chi connectivity index (χ1) is 8.50. The summed E-state index contributed by atoms with van der Waals surface area (Å²) in [7, 11) is 0. The molecule has 0 unspecified atom stereocenters. The summed E-state index contributed by atoms with van der Waals surface area (Å²) in [5.74, 6) is -0.371. The molecule has 0 aromatic heterocycles. The van der Waals surface area contributed by atoms with Crippen LogP contribution in [0.4, 0.5) is 0 Å². The van der Waals surface area contributed by atoms with Crippen molar-refractivity contribution in [3.8, 4) is 11.5 Å². The summed E-state index contributed by atoms with van der Waals surface area (Å²) >= 11 is 0. The summed E-state index contributed by atoms with van der Waals surface area (Å²) in [6, 6.07) is 8.14. The molecular weight excluding hydrogens is 232 g/mol. The second kappa shape index (κ2) is 4.49. The number of hydrogen-bond donors (Lipinski definition) is 1. The molecule has 1 N–H and O–H groups in total. The molecule has 4 heteroatoms. The molecule has 0 saturated heterocycles. The number of Topliss-reactive ketones (excluding diaryl/α,β-unsaturated/α-hetero) is 1. The van der Waals surface area contributed by atoms with E-state index in [4.69, 9.17) is 4.74 Å². The monoisotopic (exact) mass is 244 g/mol. The summed E-state index contributed by atoms with van der Waals surface area (Å²) in [5, 5.41) is 11.1. The van der Waals surface area contributed by atoms with Crippen LogP contribution in [0.2, 0.25) is 0 Å². The van der Waals surface area contributed by atoms with Crippen LogP contribution in [-0.2, 0) is 4.79 Å². The highest BCUT2D eigenvalue weighted by Crippen LogP contribution is 2.34. The SMILES string of the molecule is CC(=O)Oc1cccc2c(O)c(C(C)=O)ccc12. The van der Waals surface area contributed by atoms with E-state index in [2.05, 4.69) is 0 Å². The Morgan fingerprint density at radius 3 is 2.39 bits per heavy atom. The first-order valence-corrected chi connectivity index (χ1v) is 5.44. The Morgan fingerprint density at radius 1 is 1.06 bits per heavy atom. The van der Waals surface area contributed by atoms with Gasteiger partial charge in [-0.1, -0.05) is 12.1 Å². The van der Waals surface area contributed by atoms with Crippen molar-refractivity contribution in [3.63, 3.8) is 0 Å². The number of aromatic hydroxyl groups is 1. The maximum Gasteiger partial charge on any atom is 0.308 e. The van der Waals surface area contributed by atoms with Gasteiger partial charge in [-0.05, 0) is 25.1 Å². The van der Waals surface area contributed by atoms with Crippen LogP contribution in [-0.4, -0.2) is 16.9 Å². The fourth-order valence-corrected chi connectivity index (χ4v) is 1.84. The molecule has 4 nitrogen and oxygen atoms in total. The summed E-state index contributed by atoms with van der Waals surface area (Å²) in [6.07, 6.45) is 0. The van der Waals surface area contributed by atoms with Gasteiger partial charge in [0.2, 0.25) is 0 Å². The van der Waals surface area contributed by atoms with E-state index < -0.39 is 5.97 Å². The lowest BCUT2D eigenvalue weighted by Crippen LogP contribution is -2.02. The van der Waals surface area contributed by atoms with Gasteiger partial charge in [0.25, 0.3) is 0 Å². The summed E-state index contributed by atoms with van der Waals surface area (Å²) < 4.78 is 5.05. The summed E-state index contributed by atoms with van der Waals surface area (Å²) in [6.45, 7) is 2.69. The number of ether oxygens (including phenoxy) is 1. The molecule has 0 aliphatic rings. The fourth-order valence-electron chi connectivity index (χ4n) is 1.84. The smallest absolute Gasteiger partial charge is 0.308 e. The summed E-state index contributed by atoms with van der Waals surface area (Å²) in [4.78, 5) is 22.3. The maximum absolute atomic E-state index is 11.3. The van der Waals surface area contributed by atoms with Crippen molar-refractivity contribution in [3.05, 3.63) is 35.9 Å². The quantitative estimate of drug-likeness (QED) is 0.501. The minimum atomic E-state index is -0.433. The van der Waals surface area contributed by atoms with E-state index in [0.717, 1.165) is 0 Å². The molecule has 0 amide bonds. The lowest BCUT2D eigenvalue weighted by molar-refractivity contribution is -0.131. The number of hydrogen-bond acceptors (Lipinski definition) is 4. The highest BCUT2D eigenvalue weighted by atomic mass is 16.5. The predicted molar refractivity (Wildman–Crippen MR) is 66.9 cm³/mol. The van der Waals surface area contributed by atoms with Crippen molar-refractivity contribution in [1.29, 1.82) is 0 Å². The van der Waals surface area contributed by atoms with Crippen molar-refractivity contribution in [2.24, 2.45) is 0 Å². The predicted octanol–water partition coefficient (Wildman–Crippen LogP) is 2.67. The topological polar surface area (TPSA) is 63.6 Å². The lowest BCUT2D eigenvalue weighted by atomic mass is 10.0. The third-order valence-corrected chi connectivity index (χ3v) is 2.63. The minimum Gasteiger partial charge on any atom is -0.507 e. The number of ketones is 1. The average molecular weight is 244 g/mol. The van der Waals surface area contributed by atoms with Crippen molar-refractivity contribution in [2.45, 2.75) is 13.8 Å². The molecule has 0 aliphatic heterocycles. The Hall–Kier alpha value is -2.36. The van der Waals surface area contributed by atoms with Crippen molar-refractivity contribution in [2.75, 3.05) is 0 Å². The van der Waals surface area contributed by atoms with Crippen molar-refractivity contribution < 1.29 is 19.4 Å². The Kier molecular flexibility index (Phi) is 3.02. The Bertz CT molecular complexity index is 644. The Balaban J connectivity index is 2.70. The van der Waals surface area contributed by atoms with Gasteiger partial charge in [-0.3, -0.25) is 9.59 Å². The van der Waals surface area contributed by atoms with E-state index in [-0.39, 0.29) is 17.1 Å². The van der Waals surface area contributed by atoms with Gasteiger partial charge >= 0.3 is 5.97 Å². The molecule has 2 aromatic carbocycles. The molecule has 0 spiro atoms. The molecule has 92 valence electrons. The van der Waals surface area contributed by atoms with Crippen LogP contribution < -0.4 is 4.74 Å². The standard InChI is InChI=1S/C14H12O4/c1-8(15)10-6-7-11-12(14(10)17)4-3-5-13(11)18-9(2)16/h3-7,17H,1-2H3. The van der Waals surface area contributed by atoms with Crippen LogP contribution >= 0.6 is 0 Å². The van der Waals surface area contributed by atoms with Gasteiger partial charge in [-0.15, -0.1) is 0 Å². The lowest BCUT2D eigenvalue weighted by Gasteiger charge is -2.09. The zero-order chi connectivity index (χ0) is 13.3. The van der Waals surface area contributed by atoms with E-state index in [1.165, 1.54) is 19.9 Å². The van der Waals surface area contributed by atoms with Crippen LogP contribution in [0.3, 0.4) is 0 Å². The first-order valence-electron chi connectivity index (χ1n) is 5.44. The number of phenols is 1. The normalized spacial score (nSPS) is 10.3. The van der Waals surface area contributed by atoms with E-state index in [1.807, 2.05) is 0 Å². The minimum absolute atomic E-state index is 0.0889. The van der Waals surface area contributed by atoms with Crippen molar-refractivity contribution >= 4 is 22.5 Å². The zero-order valence-electron chi connectivity index (χ0n) is 10.1. The number of rotatable bonds is 2. The van der Waals surface area contributed by atoms with Gasteiger partial charge in [0.15, 0.2) is 5.78 Å². The molecule has 2 aromatic rings. The molecule has 0 fully saturated rings. The molecule has 2 rings (SSSR count). The maximum atomic E-state index is 11.3. The van der Waals surface area contributed by atoms with Crippen molar-refractivity contribution in [1.82, 2.24) is 0 Å². The molecule has 0 saturated carbocycles. The van der Waals surface area contributed by atoms with Crippen LogP contribution in [0.15, 0.2) is 30.3 Å². The van der Waals surface area contributed by atoms with Crippen LogP contribution in [0.5, 0.6) is 11.5 Å². The van der Waals surface area contributed by atoms with Gasteiger partial charge in [0.05, 0.1) is 5.56 Å². The average Bonchev–Trinajstić information content (AvgIpc) is 2.29. The molecular formula is C14H12O4. The molecule has 0 bridgehead atoms. The first kappa shape index (κ1) is 12.1. The number of fused-ring (bicyclic) bond motifs is 1. The highest BCUT2D eigenvalue weighted by Gasteiger charge is 2.13. The number of carbonyl (C=O) groups excluding carboxylic acids is 2. The van der Waals surface area contributed by atoms with Crippen LogP contribution in [0, 0.1) is 0 Å².